The first-order valence-electron chi connectivity index (χ1n) is 7.78. The van der Waals surface area contributed by atoms with Gasteiger partial charge in [0.25, 0.3) is 0 Å². The van der Waals surface area contributed by atoms with E-state index in [1.165, 1.54) is 12.8 Å². The van der Waals surface area contributed by atoms with Gasteiger partial charge in [-0.15, -0.1) is 0 Å². The number of ether oxygens (including phenoxy) is 1. The van der Waals surface area contributed by atoms with Crippen LogP contribution in [0.3, 0.4) is 0 Å². The Morgan fingerprint density at radius 2 is 2.00 bits per heavy atom. The van der Waals surface area contributed by atoms with Crippen LogP contribution in [0.5, 0.6) is 0 Å². The molecule has 0 amide bonds. The molecule has 1 aliphatic rings. The Morgan fingerprint density at radius 1 is 1.30 bits per heavy atom. The highest BCUT2D eigenvalue weighted by Crippen LogP contribution is 2.34. The van der Waals surface area contributed by atoms with Crippen LogP contribution in [0, 0.1) is 0 Å². The Morgan fingerprint density at radius 3 is 2.55 bits per heavy atom. The molecule has 1 fully saturated rings. The monoisotopic (exact) mass is 281 g/mol. The van der Waals surface area contributed by atoms with Crippen LogP contribution in [0.2, 0.25) is 0 Å². The molecule has 0 aromatic carbocycles. The molecule has 1 atom stereocenters. The number of rotatable bonds is 6. The SMILES string of the molecule is CCOC(C)(CC)c1noc(C2CCC(NC)CC2)n1. The quantitative estimate of drug-likeness (QED) is 0.868. The van der Waals surface area contributed by atoms with Gasteiger partial charge in [0.2, 0.25) is 11.7 Å². The van der Waals surface area contributed by atoms with Crippen LogP contribution in [0.1, 0.15) is 70.5 Å². The Bertz CT molecular complexity index is 413. The molecular formula is C15H27N3O2. The molecule has 1 saturated carbocycles. The van der Waals surface area contributed by atoms with Crippen LogP contribution in [-0.2, 0) is 10.3 Å². The number of hydrogen-bond acceptors (Lipinski definition) is 5. The number of hydrogen-bond donors (Lipinski definition) is 1. The van der Waals surface area contributed by atoms with Gasteiger partial charge >= 0.3 is 0 Å². The van der Waals surface area contributed by atoms with Crippen molar-refractivity contribution in [2.45, 2.75) is 70.4 Å². The second kappa shape index (κ2) is 6.68. The van der Waals surface area contributed by atoms with Crippen molar-refractivity contribution in [3.05, 3.63) is 11.7 Å². The van der Waals surface area contributed by atoms with Crippen LogP contribution in [0.15, 0.2) is 4.52 Å². The van der Waals surface area contributed by atoms with Gasteiger partial charge in [0.1, 0.15) is 5.60 Å². The summed E-state index contributed by atoms with van der Waals surface area (Å²) in [7, 11) is 2.03. The van der Waals surface area contributed by atoms with E-state index in [-0.39, 0.29) is 0 Å². The molecule has 5 nitrogen and oxygen atoms in total. The summed E-state index contributed by atoms with van der Waals surface area (Å²) in [5.41, 5.74) is -0.432. The van der Waals surface area contributed by atoms with E-state index in [1.807, 2.05) is 20.9 Å². The Hall–Kier alpha value is -0.940. The van der Waals surface area contributed by atoms with Gasteiger partial charge in [-0.1, -0.05) is 12.1 Å². The molecule has 1 aromatic heterocycles. The van der Waals surface area contributed by atoms with E-state index < -0.39 is 5.60 Å². The second-order valence-electron chi connectivity index (χ2n) is 5.81. The molecule has 114 valence electrons. The van der Waals surface area contributed by atoms with Crippen molar-refractivity contribution in [2.24, 2.45) is 0 Å². The van der Waals surface area contributed by atoms with Crippen LogP contribution in [0.25, 0.3) is 0 Å². The first-order valence-corrected chi connectivity index (χ1v) is 7.78. The van der Waals surface area contributed by atoms with Crippen molar-refractivity contribution in [3.8, 4) is 0 Å². The van der Waals surface area contributed by atoms with E-state index in [9.17, 15) is 0 Å². The van der Waals surface area contributed by atoms with Crippen molar-refractivity contribution in [1.29, 1.82) is 0 Å². The Kier molecular flexibility index (Phi) is 5.16. The summed E-state index contributed by atoms with van der Waals surface area (Å²) in [5, 5.41) is 7.51. The fourth-order valence-corrected chi connectivity index (χ4v) is 2.89. The predicted octanol–water partition coefficient (Wildman–Crippen LogP) is 2.98. The van der Waals surface area contributed by atoms with E-state index in [4.69, 9.17) is 9.26 Å². The van der Waals surface area contributed by atoms with Gasteiger partial charge < -0.3 is 14.6 Å². The van der Waals surface area contributed by atoms with Gasteiger partial charge in [0.15, 0.2) is 0 Å². The molecule has 1 heterocycles. The minimum absolute atomic E-state index is 0.406. The van der Waals surface area contributed by atoms with Crippen molar-refractivity contribution in [1.82, 2.24) is 15.5 Å². The fraction of sp³-hybridized carbons (Fsp3) is 0.867. The third-order valence-electron chi connectivity index (χ3n) is 4.54. The summed E-state index contributed by atoms with van der Waals surface area (Å²) in [6, 6.07) is 0.637. The summed E-state index contributed by atoms with van der Waals surface area (Å²) in [5.74, 6) is 1.88. The van der Waals surface area contributed by atoms with Gasteiger partial charge in [-0.3, -0.25) is 0 Å². The molecule has 1 N–H and O–H groups in total. The van der Waals surface area contributed by atoms with Crippen LogP contribution in [0.4, 0.5) is 0 Å². The molecule has 1 unspecified atom stereocenters. The average molecular weight is 281 g/mol. The highest BCUT2D eigenvalue weighted by molar-refractivity contribution is 5.03. The molecule has 0 spiro atoms. The highest BCUT2D eigenvalue weighted by Gasteiger charge is 2.33. The molecule has 1 aliphatic carbocycles. The Labute approximate surface area is 121 Å². The molecule has 20 heavy (non-hydrogen) atoms. The lowest BCUT2D eigenvalue weighted by atomic mass is 9.86. The standard InChI is InChI=1S/C15H27N3O2/c1-5-15(3,19-6-2)14-17-13(20-18-14)11-7-9-12(16-4)10-8-11/h11-12,16H,5-10H2,1-4H3. The zero-order valence-electron chi connectivity index (χ0n) is 13.1. The van der Waals surface area contributed by atoms with Gasteiger partial charge in [-0.05, 0) is 53.0 Å². The van der Waals surface area contributed by atoms with Gasteiger partial charge in [0.05, 0.1) is 0 Å². The van der Waals surface area contributed by atoms with Gasteiger partial charge in [0, 0.05) is 18.6 Å². The summed E-state index contributed by atoms with van der Waals surface area (Å²) in [4.78, 5) is 4.62. The third kappa shape index (κ3) is 3.20. The lowest BCUT2D eigenvalue weighted by Gasteiger charge is -2.26. The fourth-order valence-electron chi connectivity index (χ4n) is 2.89. The smallest absolute Gasteiger partial charge is 0.229 e. The normalized spacial score (nSPS) is 26.4. The molecule has 5 heteroatoms. The van der Waals surface area contributed by atoms with Crippen molar-refractivity contribution < 1.29 is 9.26 Å². The largest absolute Gasteiger partial charge is 0.367 e. The molecule has 0 saturated heterocycles. The summed E-state index contributed by atoms with van der Waals surface area (Å²) >= 11 is 0. The van der Waals surface area contributed by atoms with Crippen LogP contribution >= 0.6 is 0 Å². The summed E-state index contributed by atoms with van der Waals surface area (Å²) < 4.78 is 11.3. The van der Waals surface area contributed by atoms with E-state index in [1.54, 1.807) is 0 Å². The third-order valence-corrected chi connectivity index (χ3v) is 4.54. The van der Waals surface area contributed by atoms with Crippen molar-refractivity contribution in [2.75, 3.05) is 13.7 Å². The van der Waals surface area contributed by atoms with Gasteiger partial charge in [-0.2, -0.15) is 4.98 Å². The number of aromatic nitrogens is 2. The maximum atomic E-state index is 5.80. The lowest BCUT2D eigenvalue weighted by Crippen LogP contribution is -2.29. The van der Waals surface area contributed by atoms with E-state index in [0.29, 0.717) is 24.4 Å². The topological polar surface area (TPSA) is 60.2 Å². The zero-order valence-corrected chi connectivity index (χ0v) is 13.1. The molecule has 0 aliphatic heterocycles. The summed E-state index contributed by atoms with van der Waals surface area (Å²) in [6.45, 7) is 6.77. The van der Waals surface area contributed by atoms with Crippen molar-refractivity contribution in [3.63, 3.8) is 0 Å². The second-order valence-corrected chi connectivity index (χ2v) is 5.81. The minimum Gasteiger partial charge on any atom is -0.367 e. The highest BCUT2D eigenvalue weighted by atomic mass is 16.5. The van der Waals surface area contributed by atoms with Crippen molar-refractivity contribution >= 4 is 0 Å². The van der Waals surface area contributed by atoms with Gasteiger partial charge in [-0.25, -0.2) is 0 Å². The predicted molar refractivity (Wildman–Crippen MR) is 77.6 cm³/mol. The molecule has 0 radical (unpaired) electrons. The first kappa shape index (κ1) is 15.4. The maximum absolute atomic E-state index is 5.80. The average Bonchev–Trinajstić information content (AvgIpc) is 2.98. The molecule has 2 rings (SSSR count). The van der Waals surface area contributed by atoms with E-state index in [2.05, 4.69) is 22.4 Å². The maximum Gasteiger partial charge on any atom is 0.229 e. The first-order chi connectivity index (χ1) is 9.62. The van der Waals surface area contributed by atoms with Crippen LogP contribution in [-0.4, -0.2) is 29.8 Å². The lowest BCUT2D eigenvalue weighted by molar-refractivity contribution is -0.0403. The van der Waals surface area contributed by atoms with E-state index in [0.717, 1.165) is 25.2 Å². The number of nitrogens with one attached hydrogen (secondary N) is 1. The zero-order chi connectivity index (χ0) is 14.6. The molecule has 1 aromatic rings. The Balaban J connectivity index is 2.05. The summed E-state index contributed by atoms with van der Waals surface area (Å²) in [6.07, 6.45) is 5.42. The van der Waals surface area contributed by atoms with Crippen LogP contribution < -0.4 is 5.32 Å². The number of nitrogens with zero attached hydrogens (tertiary/aromatic N) is 2. The minimum atomic E-state index is -0.432. The van der Waals surface area contributed by atoms with E-state index >= 15 is 0 Å². The molecule has 0 bridgehead atoms. The molecular weight excluding hydrogens is 254 g/mol.